The minimum absolute atomic E-state index is 0.00456. The zero-order valence-corrected chi connectivity index (χ0v) is 17.0. The Hall–Kier alpha value is -2.41. The average molecular weight is 389 g/mol. The first-order valence-electron chi connectivity index (χ1n) is 9.91. The van der Waals surface area contributed by atoms with Gasteiger partial charge in [0, 0.05) is 30.6 Å². The molecule has 1 aliphatic carbocycles. The van der Waals surface area contributed by atoms with Crippen molar-refractivity contribution in [2.24, 2.45) is 11.8 Å². The van der Waals surface area contributed by atoms with Crippen LogP contribution >= 0.6 is 0 Å². The summed E-state index contributed by atoms with van der Waals surface area (Å²) in [5, 5.41) is 5.88. The molecule has 0 heterocycles. The molecule has 0 aromatic heterocycles. The lowest BCUT2D eigenvalue weighted by atomic mass is 9.81. The van der Waals surface area contributed by atoms with Crippen LogP contribution in [0.3, 0.4) is 0 Å². The normalized spacial score (nSPS) is 19.1. The van der Waals surface area contributed by atoms with E-state index < -0.39 is 0 Å². The summed E-state index contributed by atoms with van der Waals surface area (Å²) in [7, 11) is 3.95. The van der Waals surface area contributed by atoms with Crippen molar-refractivity contribution in [3.63, 3.8) is 0 Å². The number of nitrogens with one attached hydrogen (secondary N) is 2. The minimum Gasteiger partial charge on any atom is -0.462 e. The predicted octanol–water partition coefficient (Wildman–Crippen LogP) is 2.29. The maximum atomic E-state index is 12.5. The van der Waals surface area contributed by atoms with E-state index in [1.807, 2.05) is 19.0 Å². The van der Waals surface area contributed by atoms with Gasteiger partial charge in [0.2, 0.25) is 11.8 Å². The molecule has 1 fully saturated rings. The van der Waals surface area contributed by atoms with Gasteiger partial charge < -0.3 is 20.3 Å². The van der Waals surface area contributed by atoms with Crippen LogP contribution in [0.5, 0.6) is 0 Å². The van der Waals surface area contributed by atoms with Gasteiger partial charge >= 0.3 is 5.97 Å². The van der Waals surface area contributed by atoms with Crippen LogP contribution in [0.15, 0.2) is 24.3 Å². The van der Waals surface area contributed by atoms with Crippen LogP contribution in [0.25, 0.3) is 0 Å². The Kier molecular flexibility index (Phi) is 8.44. The molecule has 0 atom stereocenters. The lowest BCUT2D eigenvalue weighted by molar-refractivity contribution is -0.128. The molecule has 0 spiro atoms. The summed E-state index contributed by atoms with van der Waals surface area (Å²) in [6, 6.07) is 6.69. The Morgan fingerprint density at radius 1 is 1.00 bits per heavy atom. The zero-order valence-electron chi connectivity index (χ0n) is 17.0. The van der Waals surface area contributed by atoms with Crippen molar-refractivity contribution in [1.29, 1.82) is 0 Å². The number of carbonyl (C=O) groups is 3. The van der Waals surface area contributed by atoms with Crippen LogP contribution in [-0.2, 0) is 14.3 Å². The summed E-state index contributed by atoms with van der Waals surface area (Å²) in [5.74, 6) is -0.404. The molecule has 2 rings (SSSR count). The van der Waals surface area contributed by atoms with E-state index in [0.717, 1.165) is 19.4 Å². The summed E-state index contributed by atoms with van der Waals surface area (Å²) >= 11 is 0. The Balaban J connectivity index is 1.77. The van der Waals surface area contributed by atoms with Crippen LogP contribution in [-0.4, -0.2) is 56.5 Å². The molecule has 7 heteroatoms. The fourth-order valence-electron chi connectivity index (χ4n) is 3.31. The van der Waals surface area contributed by atoms with E-state index in [1.165, 1.54) is 0 Å². The van der Waals surface area contributed by atoms with Gasteiger partial charge in [-0.05, 0) is 71.0 Å². The van der Waals surface area contributed by atoms with E-state index in [4.69, 9.17) is 4.74 Å². The number of likely N-dealkylation sites (N-methyl/N-ethyl adjacent to an activating group) is 1. The van der Waals surface area contributed by atoms with E-state index in [-0.39, 0.29) is 29.6 Å². The van der Waals surface area contributed by atoms with E-state index >= 15 is 0 Å². The van der Waals surface area contributed by atoms with Crippen molar-refractivity contribution in [1.82, 2.24) is 10.2 Å². The summed E-state index contributed by atoms with van der Waals surface area (Å²) < 4.78 is 4.95. The van der Waals surface area contributed by atoms with Gasteiger partial charge in [-0.3, -0.25) is 9.59 Å². The zero-order chi connectivity index (χ0) is 20.5. The second-order valence-corrected chi connectivity index (χ2v) is 7.43. The van der Waals surface area contributed by atoms with Crippen molar-refractivity contribution in [3.8, 4) is 0 Å². The third-order valence-electron chi connectivity index (χ3n) is 4.99. The third kappa shape index (κ3) is 6.64. The number of nitrogens with zero attached hydrogens (tertiary/aromatic N) is 1. The first-order chi connectivity index (χ1) is 13.4. The summed E-state index contributed by atoms with van der Waals surface area (Å²) in [4.78, 5) is 38.4. The topological polar surface area (TPSA) is 87.7 Å². The molecular weight excluding hydrogens is 358 g/mol. The lowest BCUT2D eigenvalue weighted by Gasteiger charge is -2.27. The fourth-order valence-corrected chi connectivity index (χ4v) is 3.31. The molecule has 1 saturated carbocycles. The molecule has 1 aliphatic rings. The van der Waals surface area contributed by atoms with Crippen LogP contribution in [0.2, 0.25) is 0 Å². The number of anilines is 1. The number of benzene rings is 1. The van der Waals surface area contributed by atoms with Crippen molar-refractivity contribution < 1.29 is 19.1 Å². The molecule has 1 aromatic rings. The largest absolute Gasteiger partial charge is 0.462 e. The Morgan fingerprint density at radius 3 is 2.11 bits per heavy atom. The van der Waals surface area contributed by atoms with E-state index in [2.05, 4.69) is 10.6 Å². The number of hydrogen-bond acceptors (Lipinski definition) is 5. The first-order valence-corrected chi connectivity index (χ1v) is 9.91. The number of rotatable bonds is 8. The number of carbonyl (C=O) groups excluding carboxylic acids is 3. The van der Waals surface area contributed by atoms with E-state index in [0.29, 0.717) is 37.2 Å². The quantitative estimate of drug-likeness (QED) is 0.666. The highest BCUT2D eigenvalue weighted by Gasteiger charge is 2.29. The second kappa shape index (κ2) is 10.8. The van der Waals surface area contributed by atoms with Crippen molar-refractivity contribution in [3.05, 3.63) is 29.8 Å². The molecule has 0 unspecified atom stereocenters. The summed E-state index contributed by atoms with van der Waals surface area (Å²) in [6.45, 7) is 3.55. The van der Waals surface area contributed by atoms with Crippen LogP contribution in [0.4, 0.5) is 5.69 Å². The molecule has 0 bridgehead atoms. The molecule has 0 aliphatic heterocycles. The first kappa shape index (κ1) is 21.9. The van der Waals surface area contributed by atoms with Gasteiger partial charge in [-0.2, -0.15) is 0 Å². The SMILES string of the molecule is CCOC(=O)c1ccc(NC(=O)C2CCC(C(=O)NCCN(C)C)CC2)cc1. The summed E-state index contributed by atoms with van der Waals surface area (Å²) in [5.41, 5.74) is 1.11. The highest BCUT2D eigenvalue weighted by Crippen LogP contribution is 2.30. The van der Waals surface area contributed by atoms with Gasteiger partial charge in [-0.1, -0.05) is 0 Å². The van der Waals surface area contributed by atoms with Gasteiger partial charge in [0.15, 0.2) is 0 Å². The molecule has 154 valence electrons. The van der Waals surface area contributed by atoms with Gasteiger partial charge in [-0.15, -0.1) is 0 Å². The van der Waals surface area contributed by atoms with Crippen LogP contribution in [0.1, 0.15) is 43.0 Å². The van der Waals surface area contributed by atoms with E-state index in [9.17, 15) is 14.4 Å². The Labute approximate surface area is 166 Å². The number of ether oxygens (including phenoxy) is 1. The molecule has 2 N–H and O–H groups in total. The lowest BCUT2D eigenvalue weighted by Crippen LogP contribution is -2.38. The monoisotopic (exact) mass is 389 g/mol. The average Bonchev–Trinajstić information content (AvgIpc) is 2.68. The molecular formula is C21H31N3O4. The molecule has 0 radical (unpaired) electrons. The predicted molar refractivity (Wildman–Crippen MR) is 108 cm³/mol. The van der Waals surface area contributed by atoms with Crippen molar-refractivity contribution in [2.45, 2.75) is 32.6 Å². The molecule has 0 saturated heterocycles. The van der Waals surface area contributed by atoms with Gasteiger partial charge in [0.05, 0.1) is 12.2 Å². The highest BCUT2D eigenvalue weighted by atomic mass is 16.5. The Bertz CT molecular complexity index is 665. The number of amides is 2. The molecule has 28 heavy (non-hydrogen) atoms. The van der Waals surface area contributed by atoms with Crippen LogP contribution < -0.4 is 10.6 Å². The van der Waals surface area contributed by atoms with Crippen molar-refractivity contribution >= 4 is 23.5 Å². The summed E-state index contributed by atoms with van der Waals surface area (Å²) in [6.07, 6.45) is 2.87. The minimum atomic E-state index is -0.373. The molecule has 7 nitrogen and oxygen atoms in total. The standard InChI is InChI=1S/C21H31N3O4/c1-4-28-21(27)17-9-11-18(12-10-17)23-20(26)16-7-5-15(6-8-16)19(25)22-13-14-24(2)3/h9-12,15-16H,4-8,13-14H2,1-3H3,(H,22,25)(H,23,26). The molecule has 1 aromatic carbocycles. The van der Waals surface area contributed by atoms with Gasteiger partial charge in [0.25, 0.3) is 0 Å². The fraction of sp³-hybridized carbons (Fsp3) is 0.571. The maximum absolute atomic E-state index is 12.5. The third-order valence-corrected chi connectivity index (χ3v) is 4.99. The van der Waals surface area contributed by atoms with Crippen LogP contribution in [0, 0.1) is 11.8 Å². The van der Waals surface area contributed by atoms with Crippen molar-refractivity contribution in [2.75, 3.05) is 39.1 Å². The van der Waals surface area contributed by atoms with Gasteiger partial charge in [0.1, 0.15) is 0 Å². The molecule has 2 amide bonds. The van der Waals surface area contributed by atoms with Gasteiger partial charge in [-0.25, -0.2) is 4.79 Å². The number of hydrogen-bond donors (Lipinski definition) is 2. The second-order valence-electron chi connectivity index (χ2n) is 7.43. The number of esters is 1. The maximum Gasteiger partial charge on any atom is 0.338 e. The Morgan fingerprint density at radius 2 is 1.57 bits per heavy atom. The van der Waals surface area contributed by atoms with E-state index in [1.54, 1.807) is 31.2 Å². The smallest absolute Gasteiger partial charge is 0.338 e. The highest BCUT2D eigenvalue weighted by molar-refractivity contribution is 5.94.